The highest BCUT2D eigenvalue weighted by Crippen LogP contribution is 2.35. The topological polar surface area (TPSA) is 96.5 Å². The third kappa shape index (κ3) is 2.58. The van der Waals surface area contributed by atoms with Gasteiger partial charge in [-0.05, 0) is 11.4 Å². The zero-order chi connectivity index (χ0) is 16.0. The minimum atomic E-state index is -3.58. The van der Waals surface area contributed by atoms with Crippen LogP contribution >= 0.6 is 11.3 Å². The van der Waals surface area contributed by atoms with Gasteiger partial charge in [-0.1, -0.05) is 25.1 Å². The van der Waals surface area contributed by atoms with Gasteiger partial charge < -0.3 is 9.63 Å². The molecular weight excluding hydrogens is 326 g/mol. The summed E-state index contributed by atoms with van der Waals surface area (Å²) in [6.07, 6.45) is 0.233. The SMILES string of the molecule is CC(C)c1noc(C2(O)CCN(S(=O)(=O)c3cccs3)C2)n1. The number of hydrogen-bond acceptors (Lipinski definition) is 7. The predicted octanol–water partition coefficient (Wildman–Crippen LogP) is 1.54. The molecular formula is C13H17N3O4S2. The second kappa shape index (κ2) is 5.41. The maximum absolute atomic E-state index is 12.5. The number of aliphatic hydroxyl groups is 1. The van der Waals surface area contributed by atoms with E-state index in [1.807, 2.05) is 13.8 Å². The summed E-state index contributed by atoms with van der Waals surface area (Å²) in [6.45, 7) is 3.98. The molecule has 1 fully saturated rings. The molecule has 0 radical (unpaired) electrons. The minimum absolute atomic E-state index is 0.0764. The molecule has 0 bridgehead atoms. The lowest BCUT2D eigenvalue weighted by atomic mass is 10.0. The number of nitrogens with zero attached hydrogens (tertiary/aromatic N) is 3. The Hall–Kier alpha value is -1.29. The van der Waals surface area contributed by atoms with Crippen LogP contribution in [0.2, 0.25) is 0 Å². The third-order valence-electron chi connectivity index (χ3n) is 3.66. The van der Waals surface area contributed by atoms with E-state index < -0.39 is 15.6 Å². The molecule has 2 aromatic heterocycles. The molecule has 0 amide bonds. The summed E-state index contributed by atoms with van der Waals surface area (Å²) in [5.41, 5.74) is -1.43. The maximum atomic E-state index is 12.5. The first-order valence-electron chi connectivity index (χ1n) is 6.93. The molecule has 1 unspecified atom stereocenters. The third-order valence-corrected chi connectivity index (χ3v) is 6.88. The Labute approximate surface area is 132 Å². The highest BCUT2D eigenvalue weighted by atomic mass is 32.2. The van der Waals surface area contributed by atoms with Crippen molar-refractivity contribution < 1.29 is 18.0 Å². The van der Waals surface area contributed by atoms with Gasteiger partial charge >= 0.3 is 0 Å². The molecule has 2 aromatic rings. The Morgan fingerprint density at radius 2 is 2.27 bits per heavy atom. The Morgan fingerprint density at radius 3 is 2.86 bits per heavy atom. The van der Waals surface area contributed by atoms with Crippen molar-refractivity contribution in [1.82, 2.24) is 14.4 Å². The smallest absolute Gasteiger partial charge is 0.260 e. The van der Waals surface area contributed by atoms with E-state index in [2.05, 4.69) is 10.1 Å². The first-order valence-corrected chi connectivity index (χ1v) is 9.25. The van der Waals surface area contributed by atoms with Crippen molar-refractivity contribution in [2.75, 3.05) is 13.1 Å². The van der Waals surface area contributed by atoms with E-state index in [-0.39, 0.29) is 35.5 Å². The van der Waals surface area contributed by atoms with Crippen molar-refractivity contribution >= 4 is 21.4 Å². The van der Waals surface area contributed by atoms with E-state index in [0.29, 0.717) is 5.82 Å². The minimum Gasteiger partial charge on any atom is -0.379 e. The van der Waals surface area contributed by atoms with Crippen molar-refractivity contribution in [3.63, 3.8) is 0 Å². The number of thiophene rings is 1. The molecule has 1 atom stereocenters. The first kappa shape index (κ1) is 15.6. The fraction of sp³-hybridized carbons (Fsp3) is 0.538. The van der Waals surface area contributed by atoms with Crippen LogP contribution in [0.3, 0.4) is 0 Å². The molecule has 120 valence electrons. The van der Waals surface area contributed by atoms with Gasteiger partial charge in [0.05, 0.1) is 6.54 Å². The standard InChI is InChI=1S/C13H17N3O4S2/c1-9(2)11-14-12(20-15-11)13(17)5-6-16(8-13)22(18,19)10-4-3-7-21-10/h3-4,7,9,17H,5-6,8H2,1-2H3. The fourth-order valence-corrected chi connectivity index (χ4v) is 4.97. The van der Waals surface area contributed by atoms with Crippen LogP contribution in [0.5, 0.6) is 0 Å². The number of aromatic nitrogens is 2. The van der Waals surface area contributed by atoms with Crippen LogP contribution in [-0.4, -0.2) is 41.1 Å². The fourth-order valence-electron chi connectivity index (χ4n) is 2.34. The summed E-state index contributed by atoms with van der Waals surface area (Å²) in [4.78, 5) is 4.20. The number of rotatable bonds is 4. The number of sulfonamides is 1. The van der Waals surface area contributed by atoms with Crippen LogP contribution < -0.4 is 0 Å². The highest BCUT2D eigenvalue weighted by Gasteiger charge is 2.47. The quantitative estimate of drug-likeness (QED) is 0.904. The van der Waals surface area contributed by atoms with Crippen LogP contribution in [0.15, 0.2) is 26.2 Å². The van der Waals surface area contributed by atoms with Crippen LogP contribution in [0.1, 0.15) is 37.9 Å². The summed E-state index contributed by atoms with van der Waals surface area (Å²) < 4.78 is 31.6. The van der Waals surface area contributed by atoms with Crippen molar-refractivity contribution in [1.29, 1.82) is 0 Å². The largest absolute Gasteiger partial charge is 0.379 e. The second-order valence-electron chi connectivity index (χ2n) is 5.66. The van der Waals surface area contributed by atoms with E-state index in [4.69, 9.17) is 4.52 Å². The highest BCUT2D eigenvalue weighted by molar-refractivity contribution is 7.91. The van der Waals surface area contributed by atoms with Gasteiger partial charge in [0, 0.05) is 18.9 Å². The van der Waals surface area contributed by atoms with Crippen LogP contribution in [0, 0.1) is 0 Å². The average Bonchev–Trinajstić information content (AvgIpc) is 3.19. The van der Waals surface area contributed by atoms with Gasteiger partial charge in [0.2, 0.25) is 0 Å². The van der Waals surface area contributed by atoms with E-state index in [9.17, 15) is 13.5 Å². The Bertz CT molecular complexity index is 754. The molecule has 3 heterocycles. The van der Waals surface area contributed by atoms with Gasteiger partial charge in [-0.25, -0.2) is 8.42 Å². The van der Waals surface area contributed by atoms with Gasteiger partial charge in [0.25, 0.3) is 15.9 Å². The second-order valence-corrected chi connectivity index (χ2v) is 8.78. The lowest BCUT2D eigenvalue weighted by molar-refractivity contribution is 0.0194. The Kier molecular flexibility index (Phi) is 3.84. The van der Waals surface area contributed by atoms with Crippen molar-refractivity contribution in [3.05, 3.63) is 29.2 Å². The normalized spacial score (nSPS) is 23.5. The average molecular weight is 343 g/mol. The lowest BCUT2D eigenvalue weighted by Gasteiger charge is -2.19. The van der Waals surface area contributed by atoms with Crippen molar-refractivity contribution in [3.8, 4) is 0 Å². The molecule has 0 aliphatic carbocycles. The van der Waals surface area contributed by atoms with E-state index >= 15 is 0 Å². The zero-order valence-corrected chi connectivity index (χ0v) is 13.9. The molecule has 0 aromatic carbocycles. The summed E-state index contributed by atoms with van der Waals surface area (Å²) >= 11 is 1.16. The molecule has 0 spiro atoms. The molecule has 1 aliphatic heterocycles. The van der Waals surface area contributed by atoms with Crippen molar-refractivity contribution in [2.24, 2.45) is 0 Å². The lowest BCUT2D eigenvalue weighted by Crippen LogP contribution is -2.34. The van der Waals surface area contributed by atoms with Crippen LogP contribution in [0.25, 0.3) is 0 Å². The summed E-state index contributed by atoms with van der Waals surface area (Å²) in [5, 5.41) is 16.2. The summed E-state index contributed by atoms with van der Waals surface area (Å²) in [7, 11) is -3.58. The summed E-state index contributed by atoms with van der Waals surface area (Å²) in [6, 6.07) is 3.24. The van der Waals surface area contributed by atoms with Gasteiger partial charge in [-0.2, -0.15) is 9.29 Å². The van der Waals surface area contributed by atoms with E-state index in [0.717, 1.165) is 11.3 Å². The Balaban J connectivity index is 1.84. The molecule has 1 saturated heterocycles. The first-order chi connectivity index (χ1) is 10.3. The Morgan fingerprint density at radius 1 is 1.50 bits per heavy atom. The van der Waals surface area contributed by atoms with Crippen LogP contribution in [0.4, 0.5) is 0 Å². The molecule has 22 heavy (non-hydrogen) atoms. The van der Waals surface area contributed by atoms with Crippen molar-refractivity contribution in [2.45, 2.75) is 36.0 Å². The van der Waals surface area contributed by atoms with Gasteiger partial charge in [0.1, 0.15) is 4.21 Å². The number of hydrogen-bond donors (Lipinski definition) is 1. The number of β-amino-alcohol motifs (C(OH)–C–C–N with tert-alkyl or cyclic N) is 1. The van der Waals surface area contributed by atoms with Gasteiger partial charge in [0.15, 0.2) is 11.4 Å². The van der Waals surface area contributed by atoms with E-state index in [1.54, 1.807) is 17.5 Å². The zero-order valence-electron chi connectivity index (χ0n) is 12.3. The monoisotopic (exact) mass is 343 g/mol. The summed E-state index contributed by atoms with van der Waals surface area (Å²) in [5.74, 6) is 0.663. The van der Waals surface area contributed by atoms with Gasteiger partial charge in [-0.15, -0.1) is 11.3 Å². The predicted molar refractivity (Wildman–Crippen MR) is 80.0 cm³/mol. The molecule has 0 saturated carbocycles. The van der Waals surface area contributed by atoms with E-state index in [1.165, 1.54) is 4.31 Å². The molecule has 3 rings (SSSR count). The molecule has 7 nitrogen and oxygen atoms in total. The van der Waals surface area contributed by atoms with Crippen LogP contribution in [-0.2, 0) is 15.6 Å². The molecule has 9 heteroatoms. The molecule has 1 aliphatic rings. The molecule has 1 N–H and O–H groups in total. The maximum Gasteiger partial charge on any atom is 0.260 e. The van der Waals surface area contributed by atoms with Gasteiger partial charge in [-0.3, -0.25) is 0 Å².